The SMILES string of the molecule is CC(N)C(=O)OC[C@H](O)Cn1cnc2c(c(Nc3ccc(I)cc3F)c(F)c(=O)n2C)c1=O. The fraction of sp³-hybridized carbons (Fsp3) is 0.300. The van der Waals surface area contributed by atoms with E-state index in [1.807, 2.05) is 22.6 Å². The van der Waals surface area contributed by atoms with Crippen LogP contribution in [0.25, 0.3) is 11.0 Å². The van der Waals surface area contributed by atoms with Crippen LogP contribution in [0.2, 0.25) is 0 Å². The number of pyridine rings is 1. The molecule has 176 valence electrons. The van der Waals surface area contributed by atoms with Gasteiger partial charge in [0, 0.05) is 10.6 Å². The van der Waals surface area contributed by atoms with Crippen LogP contribution < -0.4 is 22.2 Å². The summed E-state index contributed by atoms with van der Waals surface area (Å²) >= 11 is 1.90. The molecule has 0 fully saturated rings. The van der Waals surface area contributed by atoms with Gasteiger partial charge in [-0.2, -0.15) is 4.39 Å². The van der Waals surface area contributed by atoms with E-state index in [9.17, 15) is 28.3 Å². The minimum atomic E-state index is -1.30. The largest absolute Gasteiger partial charge is 0.462 e. The molecule has 2 atom stereocenters. The van der Waals surface area contributed by atoms with Gasteiger partial charge in [0.05, 0.1) is 17.9 Å². The first-order valence-corrected chi connectivity index (χ1v) is 10.7. The van der Waals surface area contributed by atoms with Crippen LogP contribution in [0.4, 0.5) is 20.2 Å². The molecule has 33 heavy (non-hydrogen) atoms. The molecule has 10 nitrogen and oxygen atoms in total. The van der Waals surface area contributed by atoms with E-state index in [4.69, 9.17) is 10.5 Å². The molecule has 0 saturated heterocycles. The van der Waals surface area contributed by atoms with E-state index in [0.717, 1.165) is 15.5 Å². The van der Waals surface area contributed by atoms with E-state index in [0.29, 0.717) is 3.57 Å². The molecule has 0 aliphatic carbocycles. The zero-order chi connectivity index (χ0) is 24.4. The van der Waals surface area contributed by atoms with Crippen molar-refractivity contribution in [2.24, 2.45) is 12.8 Å². The number of nitrogens with two attached hydrogens (primary N) is 1. The van der Waals surface area contributed by atoms with Crippen molar-refractivity contribution in [1.82, 2.24) is 14.1 Å². The lowest BCUT2D eigenvalue weighted by atomic mass is 10.2. The molecular formula is C20H20F2IN5O5. The highest BCUT2D eigenvalue weighted by molar-refractivity contribution is 14.1. The number of hydrogen-bond acceptors (Lipinski definition) is 8. The second-order valence-electron chi connectivity index (χ2n) is 7.28. The number of aliphatic hydroxyl groups excluding tert-OH is 1. The number of ether oxygens (including phenoxy) is 1. The third-order valence-corrected chi connectivity index (χ3v) is 5.36. The number of esters is 1. The third kappa shape index (κ3) is 5.20. The minimum absolute atomic E-state index is 0.144. The van der Waals surface area contributed by atoms with Crippen molar-refractivity contribution < 1.29 is 23.4 Å². The number of fused-ring (bicyclic) bond motifs is 1. The maximum atomic E-state index is 14.9. The highest BCUT2D eigenvalue weighted by Gasteiger charge is 2.22. The van der Waals surface area contributed by atoms with Crippen molar-refractivity contribution in [3.63, 3.8) is 0 Å². The van der Waals surface area contributed by atoms with Crippen LogP contribution in [0, 0.1) is 15.2 Å². The van der Waals surface area contributed by atoms with Gasteiger partial charge >= 0.3 is 5.97 Å². The van der Waals surface area contributed by atoms with E-state index >= 15 is 0 Å². The van der Waals surface area contributed by atoms with Crippen LogP contribution >= 0.6 is 22.6 Å². The number of nitrogens with zero attached hydrogens (tertiary/aromatic N) is 3. The van der Waals surface area contributed by atoms with Crippen LogP contribution in [0.1, 0.15) is 6.92 Å². The molecular weight excluding hydrogens is 555 g/mol. The number of rotatable bonds is 7. The summed E-state index contributed by atoms with van der Waals surface area (Å²) in [5, 5.41) is 12.3. The van der Waals surface area contributed by atoms with Gasteiger partial charge in [-0.05, 0) is 47.7 Å². The number of halogens is 3. The summed E-state index contributed by atoms with van der Waals surface area (Å²) in [6.07, 6.45) is -0.236. The summed E-state index contributed by atoms with van der Waals surface area (Å²) < 4.78 is 36.5. The Bertz CT molecular complexity index is 1340. The van der Waals surface area contributed by atoms with Gasteiger partial charge in [-0.3, -0.25) is 23.5 Å². The number of anilines is 2. The predicted octanol–water partition coefficient (Wildman–Crippen LogP) is 0.973. The van der Waals surface area contributed by atoms with Gasteiger partial charge in [0.15, 0.2) is 5.65 Å². The number of nitrogens with one attached hydrogen (secondary N) is 1. The fourth-order valence-electron chi connectivity index (χ4n) is 2.98. The second-order valence-corrected chi connectivity index (χ2v) is 8.52. The molecule has 2 aromatic heterocycles. The van der Waals surface area contributed by atoms with Gasteiger partial charge in [0.25, 0.3) is 11.1 Å². The quantitative estimate of drug-likeness (QED) is 0.280. The van der Waals surface area contributed by atoms with Gasteiger partial charge in [0.2, 0.25) is 5.82 Å². The Hall–Kier alpha value is -2.91. The smallest absolute Gasteiger partial charge is 0.322 e. The van der Waals surface area contributed by atoms with Crippen molar-refractivity contribution in [3.05, 3.63) is 60.4 Å². The number of carbonyl (C=O) groups excluding carboxylic acids is 1. The fourth-order valence-corrected chi connectivity index (χ4v) is 3.43. The van der Waals surface area contributed by atoms with Crippen molar-refractivity contribution >= 4 is 51.0 Å². The lowest BCUT2D eigenvalue weighted by molar-refractivity contribution is -0.148. The highest BCUT2D eigenvalue weighted by atomic mass is 127. The van der Waals surface area contributed by atoms with Crippen LogP contribution in [0.3, 0.4) is 0 Å². The number of aliphatic hydroxyl groups is 1. The van der Waals surface area contributed by atoms with E-state index in [2.05, 4.69) is 10.3 Å². The molecule has 13 heteroatoms. The van der Waals surface area contributed by atoms with E-state index in [-0.39, 0.29) is 23.3 Å². The summed E-state index contributed by atoms with van der Waals surface area (Å²) in [6, 6.07) is 3.21. The Morgan fingerprint density at radius 1 is 1.33 bits per heavy atom. The molecule has 0 aliphatic heterocycles. The third-order valence-electron chi connectivity index (χ3n) is 4.69. The molecule has 0 spiro atoms. The Morgan fingerprint density at radius 2 is 2.03 bits per heavy atom. The summed E-state index contributed by atoms with van der Waals surface area (Å²) in [5.41, 5.74) is 2.67. The highest BCUT2D eigenvalue weighted by Crippen LogP contribution is 2.26. The Kier molecular flexibility index (Phi) is 7.44. The molecule has 2 heterocycles. The second kappa shape index (κ2) is 9.93. The number of aromatic nitrogens is 3. The van der Waals surface area contributed by atoms with Gasteiger partial charge < -0.3 is 20.9 Å². The van der Waals surface area contributed by atoms with Crippen LogP contribution in [-0.4, -0.2) is 43.9 Å². The monoisotopic (exact) mass is 575 g/mol. The maximum absolute atomic E-state index is 14.9. The molecule has 0 aliphatic rings. The number of hydrogen-bond donors (Lipinski definition) is 3. The van der Waals surface area contributed by atoms with Crippen molar-refractivity contribution in [2.75, 3.05) is 11.9 Å². The van der Waals surface area contributed by atoms with E-state index in [1.54, 1.807) is 6.07 Å². The first-order chi connectivity index (χ1) is 15.5. The van der Waals surface area contributed by atoms with Crippen LogP contribution in [0.15, 0.2) is 34.1 Å². The number of carbonyl (C=O) groups is 1. The average molecular weight is 575 g/mol. The molecule has 0 radical (unpaired) electrons. The molecule has 0 bridgehead atoms. The van der Waals surface area contributed by atoms with E-state index in [1.165, 1.54) is 26.1 Å². The Morgan fingerprint density at radius 3 is 2.67 bits per heavy atom. The van der Waals surface area contributed by atoms with Crippen LogP contribution in [0.5, 0.6) is 0 Å². The summed E-state index contributed by atoms with van der Waals surface area (Å²) in [4.78, 5) is 41.0. The topological polar surface area (TPSA) is 141 Å². The van der Waals surface area contributed by atoms with Crippen LogP contribution in [-0.2, 0) is 23.1 Å². The van der Waals surface area contributed by atoms with Crippen molar-refractivity contribution in [3.8, 4) is 0 Å². The summed E-state index contributed by atoms with van der Waals surface area (Å²) in [6.45, 7) is 0.623. The molecule has 0 saturated carbocycles. The van der Waals surface area contributed by atoms with Gasteiger partial charge in [-0.25, -0.2) is 9.37 Å². The molecule has 1 aromatic carbocycles. The Labute approximate surface area is 199 Å². The molecule has 3 rings (SSSR count). The predicted molar refractivity (Wildman–Crippen MR) is 124 cm³/mol. The lowest BCUT2D eigenvalue weighted by Crippen LogP contribution is -2.35. The van der Waals surface area contributed by atoms with Gasteiger partial charge in [-0.1, -0.05) is 0 Å². The first kappa shape index (κ1) is 24.7. The van der Waals surface area contributed by atoms with Gasteiger partial charge in [-0.15, -0.1) is 0 Å². The zero-order valence-corrected chi connectivity index (χ0v) is 19.7. The average Bonchev–Trinajstić information content (AvgIpc) is 2.76. The number of benzene rings is 1. The van der Waals surface area contributed by atoms with Crippen molar-refractivity contribution in [1.29, 1.82) is 0 Å². The summed E-state index contributed by atoms with van der Waals surface area (Å²) in [5.74, 6) is -2.75. The summed E-state index contributed by atoms with van der Waals surface area (Å²) in [7, 11) is 1.24. The zero-order valence-electron chi connectivity index (χ0n) is 17.5. The number of aryl methyl sites for hydroxylation is 1. The molecule has 0 amide bonds. The molecule has 1 unspecified atom stereocenters. The maximum Gasteiger partial charge on any atom is 0.322 e. The minimum Gasteiger partial charge on any atom is -0.462 e. The molecule has 4 N–H and O–H groups in total. The molecule has 3 aromatic rings. The lowest BCUT2D eigenvalue weighted by Gasteiger charge is -2.16. The van der Waals surface area contributed by atoms with Crippen molar-refractivity contribution in [2.45, 2.75) is 25.6 Å². The normalized spacial score (nSPS) is 13.1. The Balaban J connectivity index is 2.06. The van der Waals surface area contributed by atoms with E-state index < -0.39 is 53.2 Å². The first-order valence-electron chi connectivity index (χ1n) is 9.61. The van der Waals surface area contributed by atoms with Gasteiger partial charge in [0.1, 0.15) is 36.3 Å². The standard InChI is InChI=1S/C20H20F2IN5O5/c1-9(24)20(32)33-7-11(29)6-28-8-25-17-14(18(28)30)16(15(22)19(31)27(17)2)26-13-4-3-10(23)5-12(13)21/h3-5,8-9,11,26,29H,6-7,24H2,1-2H3/t9?,11-/m1/s1.